The first-order valence-electron chi connectivity index (χ1n) is 39.5. The third-order valence-electron chi connectivity index (χ3n) is 16.6. The third-order valence-corrected chi connectivity index (χ3v) is 18.5. The Kier molecular flexibility index (Phi) is 70.4. The number of phosphoric ester groups is 2. The first-order chi connectivity index (χ1) is 48.7. The van der Waals surface area contributed by atoms with Gasteiger partial charge in [0.2, 0.25) is 0 Å². The van der Waals surface area contributed by atoms with Crippen LogP contribution in [-0.4, -0.2) is 96.7 Å². The Balaban J connectivity index is 5.34. The van der Waals surface area contributed by atoms with Crippen LogP contribution < -0.4 is 0 Å². The molecule has 0 aliphatic carbocycles. The fraction of sp³-hybridized carbons (Fsp3) is 0.753. The van der Waals surface area contributed by atoms with Crippen molar-refractivity contribution in [1.82, 2.24) is 0 Å². The SMILES string of the molecule is CC/C=C\C/C=C\C/C=C\C/C=C\CCCCCCCCC(=O)OCC(COP(=O)(O)OCC(O)COP(=O)(O)OCC(COC(=O)CCCC/C=C\C/C=C\C/C=C\C/C=C\CC)OC(=O)CCCCCCCCCCCCC)OC(=O)CCCCCCCCCCCCCCCCC. The van der Waals surface area contributed by atoms with E-state index in [-0.39, 0.29) is 25.7 Å². The number of esters is 4. The van der Waals surface area contributed by atoms with Gasteiger partial charge in [-0.1, -0.05) is 305 Å². The van der Waals surface area contributed by atoms with Crippen LogP contribution in [0.1, 0.15) is 336 Å². The Hall–Kier alpha value is -4.02. The van der Waals surface area contributed by atoms with E-state index in [0.29, 0.717) is 25.7 Å². The normalized spacial score (nSPS) is 14.4. The molecule has 0 radical (unpaired) electrons. The number of allylic oxidation sites excluding steroid dienone is 16. The minimum absolute atomic E-state index is 0.0887. The van der Waals surface area contributed by atoms with Crippen LogP contribution in [0.25, 0.3) is 0 Å². The lowest BCUT2D eigenvalue weighted by Crippen LogP contribution is -2.30. The minimum Gasteiger partial charge on any atom is -0.462 e. The zero-order chi connectivity index (χ0) is 73.2. The molecule has 578 valence electrons. The van der Waals surface area contributed by atoms with Gasteiger partial charge in [0.15, 0.2) is 12.2 Å². The number of aliphatic hydroxyl groups excluding tert-OH is 1. The van der Waals surface area contributed by atoms with E-state index >= 15 is 0 Å². The number of carbonyl (C=O) groups is 4. The Morgan fingerprint density at radius 2 is 0.520 bits per heavy atom. The summed E-state index contributed by atoms with van der Waals surface area (Å²) in [6, 6.07) is 0. The van der Waals surface area contributed by atoms with Gasteiger partial charge in [0.25, 0.3) is 0 Å². The number of rotatable bonds is 74. The van der Waals surface area contributed by atoms with Gasteiger partial charge in [0, 0.05) is 25.7 Å². The standard InChI is InChI=1S/C81H142O17P2/c1-5-9-13-17-21-25-29-32-35-36-37-38-41-43-47-50-54-58-62-66-79(84)92-72-77(98-81(86)68-64-60-56-52-48-44-40-34-31-27-23-19-15-11-7-3)74-96-100(89,90)94-70-75(82)69-93-99(87,88)95-73-76(97-80(85)67-63-59-55-51-45-28-24-20-16-12-8-4)71-91-78(83)65-61-57-53-49-46-42-39-33-30-26-22-18-14-10-6-2/h9-10,13-14,21-22,25-26,32-33,35,37-39,46,49,75-77,82H,5-8,11-12,15-20,23-24,27-31,34,36,40-45,47-48,50-74H2,1-4H3,(H,87,88)(H,89,90)/b13-9-,14-10-,25-21-,26-22-,35-32-,38-37-,39-33-,49-46-. The highest BCUT2D eigenvalue weighted by molar-refractivity contribution is 7.47. The average molecular weight is 1450 g/mol. The molecule has 17 nitrogen and oxygen atoms in total. The fourth-order valence-corrected chi connectivity index (χ4v) is 12.2. The van der Waals surface area contributed by atoms with Crippen LogP contribution >= 0.6 is 15.6 Å². The number of aliphatic hydroxyl groups is 1. The van der Waals surface area contributed by atoms with E-state index in [9.17, 15) is 43.2 Å². The van der Waals surface area contributed by atoms with Crippen molar-refractivity contribution in [2.75, 3.05) is 39.6 Å². The van der Waals surface area contributed by atoms with Crippen molar-refractivity contribution < 1.29 is 80.2 Å². The van der Waals surface area contributed by atoms with Crippen molar-refractivity contribution in [1.29, 1.82) is 0 Å². The fourth-order valence-electron chi connectivity index (χ4n) is 10.6. The van der Waals surface area contributed by atoms with Crippen molar-refractivity contribution >= 4 is 39.5 Å². The molecule has 0 saturated carbocycles. The molecule has 0 aromatic carbocycles. The molecule has 5 atom stereocenters. The monoisotopic (exact) mass is 1450 g/mol. The molecule has 5 unspecified atom stereocenters. The number of carbonyl (C=O) groups excluding carboxylic acids is 4. The molecule has 0 heterocycles. The highest BCUT2D eigenvalue weighted by Crippen LogP contribution is 2.45. The van der Waals surface area contributed by atoms with E-state index < -0.39 is 97.5 Å². The predicted molar refractivity (Wildman–Crippen MR) is 409 cm³/mol. The van der Waals surface area contributed by atoms with Gasteiger partial charge in [-0.2, -0.15) is 0 Å². The van der Waals surface area contributed by atoms with Crippen molar-refractivity contribution in [3.05, 3.63) is 97.2 Å². The zero-order valence-electron chi connectivity index (χ0n) is 63.1. The summed E-state index contributed by atoms with van der Waals surface area (Å²) in [5.41, 5.74) is 0. The van der Waals surface area contributed by atoms with E-state index in [1.807, 2.05) is 0 Å². The van der Waals surface area contributed by atoms with E-state index in [2.05, 4.69) is 125 Å². The van der Waals surface area contributed by atoms with Gasteiger partial charge in [0.05, 0.1) is 26.4 Å². The summed E-state index contributed by atoms with van der Waals surface area (Å²) in [4.78, 5) is 72.9. The summed E-state index contributed by atoms with van der Waals surface area (Å²) in [5, 5.41) is 10.6. The molecule has 3 N–H and O–H groups in total. The number of phosphoric acid groups is 2. The second-order valence-electron chi connectivity index (χ2n) is 26.3. The highest BCUT2D eigenvalue weighted by atomic mass is 31.2. The molecule has 0 spiro atoms. The second kappa shape index (κ2) is 73.3. The first kappa shape index (κ1) is 96.0. The highest BCUT2D eigenvalue weighted by Gasteiger charge is 2.30. The maximum Gasteiger partial charge on any atom is 0.472 e. The van der Waals surface area contributed by atoms with E-state index in [4.69, 9.17) is 37.0 Å². The lowest BCUT2D eigenvalue weighted by atomic mass is 10.0. The van der Waals surface area contributed by atoms with Crippen LogP contribution in [0.15, 0.2) is 97.2 Å². The van der Waals surface area contributed by atoms with Gasteiger partial charge in [-0.25, -0.2) is 9.13 Å². The number of unbranched alkanes of at least 4 members (excludes halogenated alkanes) is 32. The maximum atomic E-state index is 13.1. The Labute approximate surface area is 607 Å². The quantitative estimate of drug-likeness (QED) is 0.0169. The van der Waals surface area contributed by atoms with Gasteiger partial charge < -0.3 is 33.8 Å². The van der Waals surface area contributed by atoms with Crippen molar-refractivity contribution in [2.24, 2.45) is 0 Å². The van der Waals surface area contributed by atoms with Crippen LogP contribution in [0, 0.1) is 0 Å². The summed E-state index contributed by atoms with van der Waals surface area (Å²) >= 11 is 0. The molecule has 0 rings (SSSR count). The molecule has 0 fully saturated rings. The average Bonchev–Trinajstić information content (AvgIpc) is 0.985. The van der Waals surface area contributed by atoms with E-state index in [0.717, 1.165) is 154 Å². The van der Waals surface area contributed by atoms with Crippen LogP contribution in [0.2, 0.25) is 0 Å². The number of ether oxygens (including phenoxy) is 4. The molecule has 0 aliphatic rings. The smallest absolute Gasteiger partial charge is 0.462 e. The topological polar surface area (TPSA) is 237 Å². The molecule has 100 heavy (non-hydrogen) atoms. The molecule has 0 aliphatic heterocycles. The Morgan fingerprint density at radius 3 is 0.820 bits per heavy atom. The molecule has 19 heteroatoms. The van der Waals surface area contributed by atoms with Crippen molar-refractivity contribution in [3.63, 3.8) is 0 Å². The van der Waals surface area contributed by atoms with Crippen LogP contribution in [0.3, 0.4) is 0 Å². The molecule has 0 amide bonds. The van der Waals surface area contributed by atoms with Crippen molar-refractivity contribution in [3.8, 4) is 0 Å². The molecule has 0 saturated heterocycles. The van der Waals surface area contributed by atoms with Gasteiger partial charge in [-0.3, -0.25) is 37.3 Å². The van der Waals surface area contributed by atoms with Gasteiger partial charge >= 0.3 is 39.5 Å². The predicted octanol–water partition coefficient (Wildman–Crippen LogP) is 22.8. The molecule has 0 bridgehead atoms. The summed E-state index contributed by atoms with van der Waals surface area (Å²) in [7, 11) is -9.96. The first-order valence-corrected chi connectivity index (χ1v) is 42.5. The Morgan fingerprint density at radius 1 is 0.290 bits per heavy atom. The Bertz CT molecular complexity index is 2270. The third kappa shape index (κ3) is 72.3. The maximum absolute atomic E-state index is 13.1. The lowest BCUT2D eigenvalue weighted by Gasteiger charge is -2.21. The number of hydrogen-bond acceptors (Lipinski definition) is 15. The van der Waals surface area contributed by atoms with E-state index in [1.54, 1.807) is 0 Å². The summed E-state index contributed by atoms with van der Waals surface area (Å²) in [6.07, 6.45) is 76.8. The lowest BCUT2D eigenvalue weighted by molar-refractivity contribution is -0.161. The van der Waals surface area contributed by atoms with Crippen molar-refractivity contribution in [2.45, 2.75) is 354 Å². The van der Waals surface area contributed by atoms with Gasteiger partial charge in [-0.05, 0) is 103 Å². The van der Waals surface area contributed by atoms with Crippen LogP contribution in [0.4, 0.5) is 0 Å². The largest absolute Gasteiger partial charge is 0.472 e. The van der Waals surface area contributed by atoms with E-state index in [1.165, 1.54) is 103 Å². The number of hydrogen-bond donors (Lipinski definition) is 3. The summed E-state index contributed by atoms with van der Waals surface area (Å²) < 4.78 is 68.5. The van der Waals surface area contributed by atoms with Crippen LogP contribution in [0.5, 0.6) is 0 Å². The summed E-state index contributed by atoms with van der Waals surface area (Å²) in [6.45, 7) is 4.62. The van der Waals surface area contributed by atoms with Gasteiger partial charge in [-0.15, -0.1) is 0 Å². The molecular weight excluding hydrogens is 1310 g/mol. The molecular formula is C81H142O17P2. The molecule has 0 aromatic heterocycles. The minimum atomic E-state index is -4.98. The van der Waals surface area contributed by atoms with Crippen LogP contribution in [-0.2, 0) is 65.4 Å². The zero-order valence-corrected chi connectivity index (χ0v) is 64.9. The molecule has 0 aromatic rings. The second-order valence-corrected chi connectivity index (χ2v) is 29.2. The summed E-state index contributed by atoms with van der Waals surface area (Å²) in [5.74, 6) is -2.22. The van der Waals surface area contributed by atoms with Gasteiger partial charge in [0.1, 0.15) is 19.3 Å².